The third kappa shape index (κ3) is 5.76. The minimum Gasteiger partial charge on any atom is -0.350 e. The Morgan fingerprint density at radius 2 is 1.82 bits per heavy atom. The Morgan fingerprint density at radius 1 is 1.14 bits per heavy atom. The topological polar surface area (TPSA) is 66.5 Å². The highest BCUT2D eigenvalue weighted by Gasteiger charge is 2.19. The maximum atomic E-state index is 13.5. The van der Waals surface area contributed by atoms with Gasteiger partial charge in [-0.25, -0.2) is 17.2 Å². The van der Waals surface area contributed by atoms with E-state index in [1.54, 1.807) is 0 Å². The molecule has 28 heavy (non-hydrogen) atoms. The van der Waals surface area contributed by atoms with Crippen molar-refractivity contribution in [3.63, 3.8) is 0 Å². The third-order valence-corrected chi connectivity index (χ3v) is 5.58. The van der Waals surface area contributed by atoms with E-state index in [4.69, 9.17) is 0 Å². The zero-order valence-electron chi connectivity index (χ0n) is 16.1. The maximum Gasteiger partial charge on any atom is 0.232 e. The molecule has 152 valence electrons. The van der Waals surface area contributed by atoms with Gasteiger partial charge < -0.3 is 5.32 Å². The Balaban J connectivity index is 1.97. The maximum absolute atomic E-state index is 13.5. The molecule has 1 N–H and O–H groups in total. The van der Waals surface area contributed by atoms with E-state index in [9.17, 15) is 22.0 Å². The number of sulfonamides is 1. The molecule has 0 saturated heterocycles. The molecule has 0 heterocycles. The molecule has 0 bridgehead atoms. The minimum atomic E-state index is -3.70. The lowest BCUT2D eigenvalue weighted by Gasteiger charge is -2.23. The number of amides is 1. The van der Waals surface area contributed by atoms with E-state index in [-0.39, 0.29) is 37.0 Å². The Morgan fingerprint density at radius 3 is 2.43 bits per heavy atom. The lowest BCUT2D eigenvalue weighted by atomic mass is 10.0. The van der Waals surface area contributed by atoms with Crippen molar-refractivity contribution in [1.29, 1.82) is 0 Å². The number of hydrogen-bond acceptors (Lipinski definition) is 3. The Bertz CT molecular complexity index is 948. The van der Waals surface area contributed by atoms with Crippen molar-refractivity contribution >= 4 is 21.6 Å². The highest BCUT2D eigenvalue weighted by Crippen LogP contribution is 2.21. The molecule has 2 rings (SSSR count). The van der Waals surface area contributed by atoms with Gasteiger partial charge in [0.2, 0.25) is 15.9 Å². The summed E-state index contributed by atoms with van der Waals surface area (Å²) in [5, 5.41) is 2.89. The summed E-state index contributed by atoms with van der Waals surface area (Å²) in [4.78, 5) is 12.2. The number of hydrogen-bond donors (Lipinski definition) is 1. The molecule has 0 aliphatic heterocycles. The van der Waals surface area contributed by atoms with Crippen LogP contribution in [-0.4, -0.2) is 27.1 Å². The van der Waals surface area contributed by atoms with Crippen molar-refractivity contribution in [2.24, 2.45) is 0 Å². The van der Waals surface area contributed by atoms with Crippen LogP contribution in [0.2, 0.25) is 0 Å². The number of nitrogens with one attached hydrogen (secondary N) is 1. The SMILES string of the molecule is Cc1ccccc1[C@H](C)NC(=O)CCCN(c1ccc(F)c(F)c1)S(C)(=O)=O. The van der Waals surface area contributed by atoms with Gasteiger partial charge in [0.1, 0.15) is 0 Å². The molecule has 0 fully saturated rings. The molecule has 0 spiro atoms. The minimum absolute atomic E-state index is 0.0178. The summed E-state index contributed by atoms with van der Waals surface area (Å²) in [7, 11) is -3.70. The smallest absolute Gasteiger partial charge is 0.232 e. The monoisotopic (exact) mass is 410 g/mol. The number of aryl methyl sites for hydroxylation is 1. The van der Waals surface area contributed by atoms with Crippen LogP contribution < -0.4 is 9.62 Å². The third-order valence-electron chi connectivity index (χ3n) is 4.39. The summed E-state index contributed by atoms with van der Waals surface area (Å²) in [6.45, 7) is 3.82. The molecule has 5 nitrogen and oxygen atoms in total. The first-order valence-corrected chi connectivity index (χ1v) is 10.7. The highest BCUT2D eigenvalue weighted by molar-refractivity contribution is 7.92. The Kier molecular flexibility index (Phi) is 7.12. The van der Waals surface area contributed by atoms with Crippen LogP contribution in [0.4, 0.5) is 14.5 Å². The van der Waals surface area contributed by atoms with Gasteiger partial charge >= 0.3 is 0 Å². The zero-order chi connectivity index (χ0) is 20.9. The highest BCUT2D eigenvalue weighted by atomic mass is 32.2. The van der Waals surface area contributed by atoms with Gasteiger partial charge in [-0.05, 0) is 43.5 Å². The molecule has 2 aromatic carbocycles. The molecule has 2 aromatic rings. The number of carbonyl (C=O) groups is 1. The average Bonchev–Trinajstić information content (AvgIpc) is 2.60. The van der Waals surface area contributed by atoms with Gasteiger partial charge in [0.15, 0.2) is 11.6 Å². The second kappa shape index (κ2) is 9.14. The standard InChI is InChI=1S/C20H24F2N2O3S/c1-14-7-4-5-8-17(14)15(2)23-20(25)9-6-12-24(28(3,26)27)16-10-11-18(21)19(22)13-16/h4-5,7-8,10-11,13,15H,6,9,12H2,1-3H3,(H,23,25)/t15-/m0/s1. The molecule has 1 atom stereocenters. The first-order valence-electron chi connectivity index (χ1n) is 8.87. The lowest BCUT2D eigenvalue weighted by Crippen LogP contribution is -2.32. The molecule has 0 aromatic heterocycles. The fraction of sp³-hybridized carbons (Fsp3) is 0.350. The van der Waals surface area contributed by atoms with Crippen molar-refractivity contribution in [1.82, 2.24) is 5.32 Å². The molecule has 8 heteroatoms. The van der Waals surface area contributed by atoms with E-state index in [2.05, 4.69) is 5.32 Å². The van der Waals surface area contributed by atoms with Gasteiger partial charge in [-0.15, -0.1) is 0 Å². The van der Waals surface area contributed by atoms with Gasteiger partial charge in [-0.3, -0.25) is 9.10 Å². The molecule has 1 amide bonds. The van der Waals surface area contributed by atoms with E-state index >= 15 is 0 Å². The first-order chi connectivity index (χ1) is 13.1. The van der Waals surface area contributed by atoms with Crippen molar-refractivity contribution < 1.29 is 22.0 Å². The Labute approximate surface area is 164 Å². The first kappa shape index (κ1) is 21.8. The van der Waals surface area contributed by atoms with Crippen LogP contribution >= 0.6 is 0 Å². The van der Waals surface area contributed by atoms with Crippen molar-refractivity contribution in [3.05, 3.63) is 65.2 Å². The van der Waals surface area contributed by atoms with Gasteiger partial charge in [0, 0.05) is 19.0 Å². The number of carbonyl (C=O) groups excluding carboxylic acids is 1. The van der Waals surface area contributed by atoms with Gasteiger partial charge in [-0.2, -0.15) is 0 Å². The normalized spacial score (nSPS) is 12.5. The lowest BCUT2D eigenvalue weighted by molar-refractivity contribution is -0.121. The van der Waals surface area contributed by atoms with Crippen LogP contribution in [0, 0.1) is 18.6 Å². The van der Waals surface area contributed by atoms with Gasteiger partial charge in [0.05, 0.1) is 18.0 Å². The van der Waals surface area contributed by atoms with E-state index in [0.717, 1.165) is 33.8 Å². The second-order valence-corrected chi connectivity index (χ2v) is 8.59. The molecular weight excluding hydrogens is 386 g/mol. The van der Waals surface area contributed by atoms with Gasteiger partial charge in [0.25, 0.3) is 0 Å². The zero-order valence-corrected chi connectivity index (χ0v) is 16.9. The fourth-order valence-electron chi connectivity index (χ4n) is 2.97. The van der Waals surface area contributed by atoms with Crippen LogP contribution in [0.1, 0.15) is 36.9 Å². The summed E-state index contributed by atoms with van der Waals surface area (Å²) in [6.07, 6.45) is 1.32. The number of nitrogens with zero attached hydrogens (tertiary/aromatic N) is 1. The summed E-state index contributed by atoms with van der Waals surface area (Å²) < 4.78 is 51.6. The average molecular weight is 410 g/mol. The molecule has 0 saturated carbocycles. The summed E-state index contributed by atoms with van der Waals surface area (Å²) in [6, 6.07) is 10.4. The molecular formula is C20H24F2N2O3S. The number of anilines is 1. The van der Waals surface area contributed by atoms with Gasteiger partial charge in [-0.1, -0.05) is 24.3 Å². The Hall–Kier alpha value is -2.48. The van der Waals surface area contributed by atoms with Crippen LogP contribution in [-0.2, 0) is 14.8 Å². The van der Waals surface area contributed by atoms with Crippen LogP contribution in [0.15, 0.2) is 42.5 Å². The van der Waals surface area contributed by atoms with E-state index in [1.165, 1.54) is 6.07 Å². The van der Waals surface area contributed by atoms with Crippen LogP contribution in [0.25, 0.3) is 0 Å². The summed E-state index contributed by atoms with van der Waals surface area (Å²) >= 11 is 0. The molecule has 0 unspecified atom stereocenters. The second-order valence-electron chi connectivity index (χ2n) is 6.68. The molecule has 0 aliphatic rings. The van der Waals surface area contributed by atoms with E-state index in [0.29, 0.717) is 0 Å². The number of halogens is 2. The van der Waals surface area contributed by atoms with Crippen LogP contribution in [0.5, 0.6) is 0 Å². The largest absolute Gasteiger partial charge is 0.350 e. The summed E-state index contributed by atoms with van der Waals surface area (Å²) in [5.74, 6) is -2.40. The predicted molar refractivity (Wildman–Crippen MR) is 106 cm³/mol. The van der Waals surface area contributed by atoms with Crippen LogP contribution in [0.3, 0.4) is 0 Å². The van der Waals surface area contributed by atoms with Crippen molar-refractivity contribution in [3.8, 4) is 0 Å². The quantitative estimate of drug-likeness (QED) is 0.722. The summed E-state index contributed by atoms with van der Waals surface area (Å²) in [5.41, 5.74) is 2.10. The number of benzene rings is 2. The number of rotatable bonds is 8. The molecule has 0 radical (unpaired) electrons. The van der Waals surface area contributed by atoms with E-state index < -0.39 is 21.7 Å². The van der Waals surface area contributed by atoms with Crippen molar-refractivity contribution in [2.45, 2.75) is 32.7 Å². The van der Waals surface area contributed by atoms with E-state index in [1.807, 2.05) is 38.1 Å². The molecule has 0 aliphatic carbocycles. The predicted octanol–water partition coefficient (Wildman–Crippen LogP) is 3.70. The fourth-order valence-corrected chi connectivity index (χ4v) is 3.93. The van der Waals surface area contributed by atoms with Crippen molar-refractivity contribution in [2.75, 3.05) is 17.1 Å².